The molecule has 0 spiro atoms. The number of likely N-dealkylation sites (N-methyl/N-ethyl adjacent to an activating group) is 1. The molecule has 0 heterocycles. The van der Waals surface area contributed by atoms with Crippen molar-refractivity contribution in [3.05, 3.63) is 0 Å². The summed E-state index contributed by atoms with van der Waals surface area (Å²) < 4.78 is 0. The van der Waals surface area contributed by atoms with E-state index in [0.717, 1.165) is 25.8 Å². The summed E-state index contributed by atoms with van der Waals surface area (Å²) >= 11 is 0. The van der Waals surface area contributed by atoms with Crippen molar-refractivity contribution < 1.29 is 9.90 Å². The molecule has 82 valence electrons. The van der Waals surface area contributed by atoms with E-state index in [9.17, 15) is 9.90 Å². The molecule has 1 rings (SSSR count). The summed E-state index contributed by atoms with van der Waals surface area (Å²) in [5, 5.41) is 9.62. The Hall–Kier alpha value is -0.610. The minimum atomic E-state index is -0.306. The Morgan fingerprint density at radius 3 is 2.71 bits per heavy atom. The van der Waals surface area contributed by atoms with Gasteiger partial charge in [-0.3, -0.25) is 9.69 Å². The Bertz CT molecular complexity index is 208. The van der Waals surface area contributed by atoms with Crippen LogP contribution in [0.5, 0.6) is 0 Å². The standard InChI is InChI=1S/C10H20N2O2/c1-7(10(11)14)12(2)6-8-4-3-5-9(8)13/h7-9,13H,3-6H2,1-2H3,(H2,11,14). The maximum Gasteiger partial charge on any atom is 0.234 e. The first-order chi connectivity index (χ1) is 6.52. The number of nitrogens with zero attached hydrogens (tertiary/aromatic N) is 1. The number of carbonyl (C=O) groups excluding carboxylic acids is 1. The Balaban J connectivity index is 2.39. The Morgan fingerprint density at radius 1 is 1.64 bits per heavy atom. The lowest BCUT2D eigenvalue weighted by Gasteiger charge is -2.26. The third-order valence-electron chi connectivity index (χ3n) is 3.21. The van der Waals surface area contributed by atoms with Gasteiger partial charge < -0.3 is 10.8 Å². The number of rotatable bonds is 4. The van der Waals surface area contributed by atoms with Gasteiger partial charge in [0.2, 0.25) is 5.91 Å². The predicted molar refractivity (Wildman–Crippen MR) is 54.6 cm³/mol. The molecule has 3 atom stereocenters. The molecule has 0 aromatic heterocycles. The lowest BCUT2D eigenvalue weighted by molar-refractivity contribution is -0.122. The van der Waals surface area contributed by atoms with Gasteiger partial charge in [-0.05, 0) is 32.7 Å². The van der Waals surface area contributed by atoms with Crippen LogP contribution in [-0.4, -0.2) is 41.7 Å². The van der Waals surface area contributed by atoms with Gasteiger partial charge in [0, 0.05) is 6.54 Å². The van der Waals surface area contributed by atoms with Crippen LogP contribution in [0.3, 0.4) is 0 Å². The average molecular weight is 200 g/mol. The zero-order valence-corrected chi connectivity index (χ0v) is 8.94. The number of carbonyl (C=O) groups is 1. The maximum atomic E-state index is 10.9. The molecule has 1 saturated carbocycles. The van der Waals surface area contributed by atoms with E-state index >= 15 is 0 Å². The zero-order valence-electron chi connectivity index (χ0n) is 8.94. The molecule has 0 aliphatic heterocycles. The minimum absolute atomic E-state index is 0.197. The average Bonchev–Trinajstić information content (AvgIpc) is 2.50. The third-order valence-corrected chi connectivity index (χ3v) is 3.21. The van der Waals surface area contributed by atoms with Crippen LogP contribution >= 0.6 is 0 Å². The smallest absolute Gasteiger partial charge is 0.234 e. The molecule has 4 nitrogen and oxygen atoms in total. The molecular formula is C10H20N2O2. The Labute approximate surface area is 85.1 Å². The number of hydrogen-bond acceptors (Lipinski definition) is 3. The number of primary amides is 1. The normalized spacial score (nSPS) is 29.4. The molecule has 0 aromatic carbocycles. The Kier molecular flexibility index (Phi) is 3.89. The molecular weight excluding hydrogens is 180 g/mol. The highest BCUT2D eigenvalue weighted by Crippen LogP contribution is 2.26. The number of aliphatic hydroxyl groups is 1. The monoisotopic (exact) mass is 200 g/mol. The van der Waals surface area contributed by atoms with Crippen LogP contribution in [-0.2, 0) is 4.79 Å². The first kappa shape index (κ1) is 11.5. The van der Waals surface area contributed by atoms with Crippen molar-refractivity contribution in [3.63, 3.8) is 0 Å². The van der Waals surface area contributed by atoms with E-state index in [2.05, 4.69) is 0 Å². The summed E-state index contributed by atoms with van der Waals surface area (Å²) in [6.07, 6.45) is 2.84. The summed E-state index contributed by atoms with van der Waals surface area (Å²) in [5.74, 6) is 0.00165. The number of aliphatic hydroxyl groups excluding tert-OH is 1. The van der Waals surface area contributed by atoms with Crippen molar-refractivity contribution in [2.75, 3.05) is 13.6 Å². The molecule has 1 amide bonds. The molecule has 0 aromatic rings. The summed E-state index contributed by atoms with van der Waals surface area (Å²) in [5.41, 5.74) is 5.20. The van der Waals surface area contributed by atoms with Crippen LogP contribution in [0, 0.1) is 5.92 Å². The van der Waals surface area contributed by atoms with Gasteiger partial charge in [-0.15, -0.1) is 0 Å². The predicted octanol–water partition coefficient (Wildman–Crippen LogP) is -0.0470. The van der Waals surface area contributed by atoms with Crippen molar-refractivity contribution >= 4 is 5.91 Å². The highest BCUT2D eigenvalue weighted by Gasteiger charge is 2.28. The van der Waals surface area contributed by atoms with Gasteiger partial charge in [0.25, 0.3) is 0 Å². The van der Waals surface area contributed by atoms with Crippen LogP contribution in [0.1, 0.15) is 26.2 Å². The van der Waals surface area contributed by atoms with Crippen LogP contribution in [0.4, 0.5) is 0 Å². The second-order valence-electron chi connectivity index (χ2n) is 4.28. The summed E-state index contributed by atoms with van der Waals surface area (Å²) in [6.45, 7) is 2.55. The third kappa shape index (κ3) is 2.69. The van der Waals surface area contributed by atoms with E-state index < -0.39 is 0 Å². The highest BCUT2D eigenvalue weighted by atomic mass is 16.3. The number of nitrogens with two attached hydrogens (primary N) is 1. The van der Waals surface area contributed by atoms with E-state index in [-0.39, 0.29) is 18.1 Å². The molecule has 4 heteroatoms. The highest BCUT2D eigenvalue weighted by molar-refractivity contribution is 5.79. The van der Waals surface area contributed by atoms with E-state index in [1.165, 1.54) is 0 Å². The maximum absolute atomic E-state index is 10.9. The van der Waals surface area contributed by atoms with Gasteiger partial charge in [0.15, 0.2) is 0 Å². The molecule has 3 unspecified atom stereocenters. The molecule has 0 saturated heterocycles. The molecule has 3 N–H and O–H groups in total. The first-order valence-corrected chi connectivity index (χ1v) is 5.20. The minimum Gasteiger partial charge on any atom is -0.393 e. The van der Waals surface area contributed by atoms with E-state index in [1.807, 2.05) is 11.9 Å². The van der Waals surface area contributed by atoms with Crippen molar-refractivity contribution in [2.24, 2.45) is 11.7 Å². The fourth-order valence-corrected chi connectivity index (χ4v) is 1.98. The van der Waals surface area contributed by atoms with Crippen LogP contribution in [0.15, 0.2) is 0 Å². The molecule has 1 fully saturated rings. The molecule has 14 heavy (non-hydrogen) atoms. The fourth-order valence-electron chi connectivity index (χ4n) is 1.98. The number of hydrogen-bond donors (Lipinski definition) is 2. The fraction of sp³-hybridized carbons (Fsp3) is 0.900. The molecule has 0 radical (unpaired) electrons. The lowest BCUT2D eigenvalue weighted by atomic mass is 10.0. The lowest BCUT2D eigenvalue weighted by Crippen LogP contribution is -2.43. The van der Waals surface area contributed by atoms with Crippen LogP contribution < -0.4 is 5.73 Å². The number of amides is 1. The largest absolute Gasteiger partial charge is 0.393 e. The molecule has 0 bridgehead atoms. The van der Waals surface area contributed by atoms with Gasteiger partial charge in [0.1, 0.15) is 0 Å². The van der Waals surface area contributed by atoms with E-state index in [0.29, 0.717) is 5.92 Å². The first-order valence-electron chi connectivity index (χ1n) is 5.20. The second kappa shape index (κ2) is 4.75. The summed E-state index contributed by atoms with van der Waals surface area (Å²) in [6, 6.07) is -0.247. The van der Waals surface area contributed by atoms with Gasteiger partial charge >= 0.3 is 0 Å². The SMILES string of the molecule is CC(C(N)=O)N(C)CC1CCCC1O. The second-order valence-corrected chi connectivity index (χ2v) is 4.28. The van der Waals surface area contributed by atoms with Crippen molar-refractivity contribution in [3.8, 4) is 0 Å². The summed E-state index contributed by atoms with van der Waals surface area (Å²) in [4.78, 5) is 12.8. The van der Waals surface area contributed by atoms with E-state index in [4.69, 9.17) is 5.73 Å². The van der Waals surface area contributed by atoms with E-state index in [1.54, 1.807) is 6.92 Å². The summed E-state index contributed by atoms with van der Waals surface area (Å²) in [7, 11) is 1.88. The van der Waals surface area contributed by atoms with Gasteiger partial charge in [-0.2, -0.15) is 0 Å². The van der Waals surface area contributed by atoms with Crippen LogP contribution in [0.2, 0.25) is 0 Å². The molecule has 1 aliphatic rings. The van der Waals surface area contributed by atoms with Crippen molar-refractivity contribution in [2.45, 2.75) is 38.3 Å². The van der Waals surface area contributed by atoms with Gasteiger partial charge in [0.05, 0.1) is 12.1 Å². The van der Waals surface area contributed by atoms with Crippen molar-refractivity contribution in [1.29, 1.82) is 0 Å². The quantitative estimate of drug-likeness (QED) is 0.669. The molecule has 1 aliphatic carbocycles. The van der Waals surface area contributed by atoms with Gasteiger partial charge in [-0.1, -0.05) is 6.42 Å². The topological polar surface area (TPSA) is 66.6 Å². The van der Waals surface area contributed by atoms with Crippen molar-refractivity contribution in [1.82, 2.24) is 4.90 Å². The zero-order chi connectivity index (χ0) is 10.7. The van der Waals surface area contributed by atoms with Crippen LogP contribution in [0.25, 0.3) is 0 Å². The van der Waals surface area contributed by atoms with Gasteiger partial charge in [-0.25, -0.2) is 0 Å². The Morgan fingerprint density at radius 2 is 2.29 bits per heavy atom.